The highest BCUT2D eigenvalue weighted by atomic mass is 16.3. The molecule has 1 atom stereocenters. The lowest BCUT2D eigenvalue weighted by Crippen LogP contribution is -2.74. The Labute approximate surface area is 179 Å². The number of aliphatic hydroxyl groups is 1. The highest BCUT2D eigenvalue weighted by Gasteiger charge is 2.56. The molecular weight excluding hydrogens is 338 g/mol. The van der Waals surface area contributed by atoms with Gasteiger partial charge in [-0.2, -0.15) is 0 Å². The second kappa shape index (κ2) is 9.04. The molecule has 0 spiro atoms. The number of rotatable bonds is 4. The van der Waals surface area contributed by atoms with Crippen molar-refractivity contribution in [3.05, 3.63) is 5.56 Å². The van der Waals surface area contributed by atoms with Crippen LogP contribution in [-0.4, -0.2) is 95.1 Å². The van der Waals surface area contributed by atoms with Gasteiger partial charge in [-0.15, -0.1) is 0 Å². The Balaban J connectivity index is 0.00000190. The van der Waals surface area contributed by atoms with Gasteiger partial charge in [-0.25, -0.2) is 0 Å². The van der Waals surface area contributed by atoms with E-state index in [0.29, 0.717) is 12.8 Å². The minimum Gasteiger partial charge on any atom is -0.509 e. The quantitative estimate of drug-likeness (QED) is 0.570. The van der Waals surface area contributed by atoms with Gasteiger partial charge in [-0.1, -0.05) is 60.5 Å². The van der Waals surface area contributed by atoms with Crippen molar-refractivity contribution in [3.63, 3.8) is 0 Å². The molecule has 1 fully saturated rings. The van der Waals surface area contributed by atoms with E-state index in [4.69, 9.17) is 54.9 Å². The summed E-state index contributed by atoms with van der Waals surface area (Å²) in [6, 6.07) is 0. The van der Waals surface area contributed by atoms with E-state index < -0.39 is 22.0 Å². The summed E-state index contributed by atoms with van der Waals surface area (Å²) in [6.07, 6.45) is 3.14. The third-order valence-corrected chi connectivity index (χ3v) is 5.81. The van der Waals surface area contributed by atoms with E-state index in [1.165, 1.54) is 4.90 Å². The van der Waals surface area contributed by atoms with Crippen LogP contribution in [0.3, 0.4) is 0 Å². The largest absolute Gasteiger partial charge is 0.509 e. The number of phenols is 1. The van der Waals surface area contributed by atoms with Gasteiger partial charge in [0.1, 0.15) is 31.4 Å². The van der Waals surface area contributed by atoms with Crippen LogP contribution in [0.1, 0.15) is 51.5 Å². The molecule has 2 N–H and O–H groups in total. The standard InChI is InChI=1S/C16H18B7NO2.C2H6/c1-24(2)16(22,23)15(21,14(26)6-4-3-5-7-14)8-9(17)11(19)13(25)12(20)10(8)18;1-2/h25-26H,3-7H2,1-2H3;1-2H3. The van der Waals surface area contributed by atoms with Crippen LogP contribution in [0.15, 0.2) is 0 Å². The molecule has 3 nitrogen and oxygen atoms in total. The minimum atomic E-state index is -1.81. The summed E-state index contributed by atoms with van der Waals surface area (Å²) in [4.78, 5) is 1.48. The lowest BCUT2D eigenvalue weighted by Gasteiger charge is -2.61. The van der Waals surface area contributed by atoms with Crippen LogP contribution < -0.4 is 21.9 Å². The van der Waals surface area contributed by atoms with Gasteiger partial charge in [0.05, 0.1) is 34.9 Å². The molecule has 1 aromatic rings. The van der Waals surface area contributed by atoms with Gasteiger partial charge in [0.2, 0.25) is 0 Å². The Morgan fingerprint density at radius 1 is 0.821 bits per heavy atom. The maximum atomic E-state index is 11.6. The molecule has 0 heterocycles. The SMILES string of the molecule is CC.[B]c1c([B])c(C([B])(C2(O)CCCCC2)C([B])([B])N(C)C)c([B])c([B])c1O. The molecule has 134 valence electrons. The van der Waals surface area contributed by atoms with Gasteiger partial charge in [-0.05, 0) is 37.6 Å². The molecule has 0 bridgehead atoms. The van der Waals surface area contributed by atoms with E-state index in [0.717, 1.165) is 19.3 Å². The van der Waals surface area contributed by atoms with Gasteiger partial charge in [0.25, 0.3) is 0 Å². The second-order valence-electron chi connectivity index (χ2n) is 7.50. The van der Waals surface area contributed by atoms with Crippen LogP contribution in [0.2, 0.25) is 0 Å². The fraction of sp³-hybridized carbons (Fsp3) is 0.667. The van der Waals surface area contributed by atoms with Crippen molar-refractivity contribution in [2.24, 2.45) is 0 Å². The Morgan fingerprint density at radius 3 is 1.57 bits per heavy atom. The minimum absolute atomic E-state index is 0.0494. The third-order valence-electron chi connectivity index (χ3n) is 5.81. The molecule has 14 radical (unpaired) electrons. The van der Waals surface area contributed by atoms with Gasteiger partial charge in [0.15, 0.2) is 0 Å². The molecule has 2 rings (SSSR count). The van der Waals surface area contributed by atoms with E-state index in [9.17, 15) is 10.2 Å². The third kappa shape index (κ3) is 3.76. The number of phenolic OH excluding ortho intramolecular Hbond substituents is 1. The normalized spacial score (nSPS) is 18.8. The Hall–Kier alpha value is -0.605. The lowest BCUT2D eigenvalue weighted by molar-refractivity contribution is -0.0568. The molecule has 1 aliphatic rings. The topological polar surface area (TPSA) is 43.7 Å². The van der Waals surface area contributed by atoms with Crippen LogP contribution in [0.4, 0.5) is 0 Å². The van der Waals surface area contributed by atoms with Gasteiger partial charge in [0, 0.05) is 0 Å². The average Bonchev–Trinajstić information content (AvgIpc) is 2.66. The molecule has 1 aliphatic carbocycles. The van der Waals surface area contributed by atoms with Crippen molar-refractivity contribution < 1.29 is 10.2 Å². The molecule has 1 aromatic carbocycles. The number of hydrogen-bond donors (Lipinski definition) is 2. The first-order valence-electron chi connectivity index (χ1n) is 9.54. The molecule has 0 aliphatic heterocycles. The highest BCUT2D eigenvalue weighted by molar-refractivity contribution is 6.60. The van der Waals surface area contributed by atoms with Crippen LogP contribution in [-0.2, 0) is 5.31 Å². The fourth-order valence-electron chi connectivity index (χ4n) is 3.93. The molecular formula is C18H24B7NO2. The van der Waals surface area contributed by atoms with Crippen molar-refractivity contribution in [3.8, 4) is 5.75 Å². The summed E-state index contributed by atoms with van der Waals surface area (Å²) in [5, 5.41) is 18.1. The van der Waals surface area contributed by atoms with E-state index in [-0.39, 0.29) is 27.4 Å². The first-order chi connectivity index (χ1) is 12.8. The summed E-state index contributed by atoms with van der Waals surface area (Å²) in [7, 11) is 47.0. The summed E-state index contributed by atoms with van der Waals surface area (Å²) in [5.41, 5.74) is -2.02. The number of hydrogen-bond acceptors (Lipinski definition) is 3. The zero-order chi connectivity index (χ0) is 22.1. The number of nitrogens with zero attached hydrogens (tertiary/aromatic N) is 1. The van der Waals surface area contributed by atoms with Gasteiger partial charge < -0.3 is 15.1 Å². The summed E-state index contributed by atoms with van der Waals surface area (Å²) < 4.78 is 0. The van der Waals surface area contributed by atoms with E-state index >= 15 is 0 Å². The van der Waals surface area contributed by atoms with Crippen molar-refractivity contribution in [1.29, 1.82) is 0 Å². The smallest absolute Gasteiger partial charge is 0.118 e. The number of aromatic hydroxyl groups is 1. The summed E-state index contributed by atoms with van der Waals surface area (Å²) >= 11 is 0. The molecule has 1 unspecified atom stereocenters. The van der Waals surface area contributed by atoms with Crippen LogP contribution in [0.5, 0.6) is 5.75 Å². The van der Waals surface area contributed by atoms with Gasteiger partial charge in [-0.3, -0.25) is 0 Å². The fourth-order valence-corrected chi connectivity index (χ4v) is 3.93. The zero-order valence-electron chi connectivity index (χ0n) is 17.4. The van der Waals surface area contributed by atoms with Crippen LogP contribution >= 0.6 is 0 Å². The van der Waals surface area contributed by atoms with Crippen LogP contribution in [0.25, 0.3) is 0 Å². The lowest BCUT2D eigenvalue weighted by atomic mass is 9.31. The Kier molecular flexibility index (Phi) is 8.21. The monoisotopic (exact) mass is 363 g/mol. The maximum absolute atomic E-state index is 11.6. The predicted octanol–water partition coefficient (Wildman–Crippen LogP) is -2.79. The van der Waals surface area contributed by atoms with Crippen LogP contribution in [0, 0.1) is 0 Å². The van der Waals surface area contributed by atoms with Gasteiger partial charge >= 0.3 is 0 Å². The second-order valence-corrected chi connectivity index (χ2v) is 7.50. The first-order valence-corrected chi connectivity index (χ1v) is 9.54. The molecule has 10 heteroatoms. The van der Waals surface area contributed by atoms with E-state index in [1.54, 1.807) is 14.1 Å². The zero-order valence-corrected chi connectivity index (χ0v) is 17.4. The van der Waals surface area contributed by atoms with E-state index in [2.05, 4.69) is 0 Å². The van der Waals surface area contributed by atoms with Crippen molar-refractivity contribution >= 4 is 76.8 Å². The summed E-state index contributed by atoms with van der Waals surface area (Å²) in [6.45, 7) is 4.00. The van der Waals surface area contributed by atoms with Crippen molar-refractivity contribution in [1.82, 2.24) is 4.90 Å². The Morgan fingerprint density at radius 2 is 1.21 bits per heavy atom. The molecule has 0 aromatic heterocycles. The molecule has 1 saturated carbocycles. The molecule has 0 saturated heterocycles. The molecule has 28 heavy (non-hydrogen) atoms. The first kappa shape index (κ1) is 25.4. The highest BCUT2D eigenvalue weighted by Crippen LogP contribution is 2.47. The number of likely N-dealkylation sites (N-methyl/N-ethyl adjacent to an activating group) is 1. The van der Waals surface area contributed by atoms with E-state index in [1.807, 2.05) is 13.8 Å². The Bertz CT molecular complexity index is 677. The summed E-state index contributed by atoms with van der Waals surface area (Å²) in [5.74, 6) is -0.439. The maximum Gasteiger partial charge on any atom is 0.118 e. The molecule has 0 amide bonds. The van der Waals surface area contributed by atoms with Crippen molar-refractivity contribution in [2.45, 2.75) is 62.2 Å². The number of benzene rings is 1. The predicted molar refractivity (Wildman–Crippen MR) is 124 cm³/mol. The van der Waals surface area contributed by atoms with Crippen molar-refractivity contribution in [2.75, 3.05) is 14.1 Å². The average molecular weight is 362 g/mol.